The van der Waals surface area contributed by atoms with Gasteiger partial charge in [-0.05, 0) is 24.6 Å². The Hall–Kier alpha value is -2.35. The Morgan fingerprint density at radius 2 is 2.10 bits per heavy atom. The first-order chi connectivity index (χ1) is 10.1. The number of carbonyl (C=O) groups excluding carboxylic acids is 2. The van der Waals surface area contributed by atoms with Gasteiger partial charge in [-0.15, -0.1) is 0 Å². The van der Waals surface area contributed by atoms with Gasteiger partial charge in [0, 0.05) is 19.2 Å². The zero-order chi connectivity index (χ0) is 15.7. The molecule has 0 saturated carbocycles. The molecule has 112 valence electrons. The van der Waals surface area contributed by atoms with E-state index in [4.69, 9.17) is 5.26 Å². The lowest BCUT2D eigenvalue weighted by atomic mass is 10.2. The molecule has 0 atom stereocenters. The number of carbonyl (C=O) groups is 2. The maximum Gasteiger partial charge on any atom is 0.240 e. The predicted octanol–water partition coefficient (Wildman–Crippen LogP) is 2.22. The van der Waals surface area contributed by atoms with E-state index in [0.717, 1.165) is 19.3 Å². The lowest BCUT2D eigenvalue weighted by molar-refractivity contribution is -0.123. The van der Waals surface area contributed by atoms with Gasteiger partial charge < -0.3 is 10.2 Å². The van der Waals surface area contributed by atoms with Crippen molar-refractivity contribution in [3.63, 3.8) is 0 Å². The van der Waals surface area contributed by atoms with Gasteiger partial charge in [-0.1, -0.05) is 25.8 Å². The number of nitrogens with zero attached hydrogens (tertiary/aromatic N) is 2. The Kier molecular flexibility index (Phi) is 6.96. The average Bonchev–Trinajstić information content (AvgIpc) is 2.49. The van der Waals surface area contributed by atoms with Crippen LogP contribution in [0.1, 0.15) is 38.7 Å². The molecule has 0 radical (unpaired) electrons. The van der Waals surface area contributed by atoms with Crippen molar-refractivity contribution < 1.29 is 9.59 Å². The lowest BCUT2D eigenvalue weighted by Crippen LogP contribution is -2.40. The van der Waals surface area contributed by atoms with Crippen LogP contribution in [0.25, 0.3) is 0 Å². The van der Waals surface area contributed by atoms with Gasteiger partial charge in [-0.2, -0.15) is 5.26 Å². The summed E-state index contributed by atoms with van der Waals surface area (Å²) in [5.41, 5.74) is 1.02. The molecule has 5 nitrogen and oxygen atoms in total. The topological polar surface area (TPSA) is 73.2 Å². The molecular formula is C16H21N3O2. The summed E-state index contributed by atoms with van der Waals surface area (Å²) in [5.74, 6) is -0.419. The number of hydrogen-bond acceptors (Lipinski definition) is 3. The van der Waals surface area contributed by atoms with E-state index in [1.165, 1.54) is 11.8 Å². The van der Waals surface area contributed by atoms with E-state index in [9.17, 15) is 9.59 Å². The minimum atomic E-state index is -0.228. The zero-order valence-electron chi connectivity index (χ0n) is 12.6. The van der Waals surface area contributed by atoms with E-state index in [1.54, 1.807) is 24.3 Å². The predicted molar refractivity (Wildman–Crippen MR) is 81.7 cm³/mol. The molecule has 0 heterocycles. The Morgan fingerprint density at radius 3 is 2.71 bits per heavy atom. The number of anilines is 1. The van der Waals surface area contributed by atoms with Gasteiger partial charge in [-0.25, -0.2) is 0 Å². The smallest absolute Gasteiger partial charge is 0.240 e. The molecule has 0 aliphatic heterocycles. The fourth-order valence-corrected chi connectivity index (χ4v) is 1.93. The first kappa shape index (κ1) is 16.7. The molecule has 1 aromatic carbocycles. The summed E-state index contributed by atoms with van der Waals surface area (Å²) in [6.45, 7) is 4.10. The fraction of sp³-hybridized carbons (Fsp3) is 0.438. The molecule has 0 saturated heterocycles. The van der Waals surface area contributed by atoms with Gasteiger partial charge in [-0.3, -0.25) is 9.59 Å². The maximum atomic E-state index is 11.9. The summed E-state index contributed by atoms with van der Waals surface area (Å²) in [6, 6.07) is 8.70. The van der Waals surface area contributed by atoms with Crippen molar-refractivity contribution in [2.45, 2.75) is 33.1 Å². The third-order valence-electron chi connectivity index (χ3n) is 3.07. The Morgan fingerprint density at radius 1 is 1.33 bits per heavy atom. The van der Waals surface area contributed by atoms with Crippen molar-refractivity contribution in [1.82, 2.24) is 5.32 Å². The highest BCUT2D eigenvalue weighted by molar-refractivity contribution is 5.97. The first-order valence-corrected chi connectivity index (χ1v) is 7.13. The van der Waals surface area contributed by atoms with Crippen molar-refractivity contribution in [3.05, 3.63) is 29.8 Å². The molecule has 1 aromatic rings. The number of benzene rings is 1. The molecule has 0 fully saturated rings. The zero-order valence-corrected chi connectivity index (χ0v) is 12.6. The molecular weight excluding hydrogens is 266 g/mol. The maximum absolute atomic E-state index is 11.9. The normalized spacial score (nSPS) is 9.76. The largest absolute Gasteiger partial charge is 0.355 e. The SMILES string of the molecule is CCCCCNC(=O)CN(C(C)=O)c1cccc(C#N)c1. The van der Waals surface area contributed by atoms with Crippen molar-refractivity contribution in [2.75, 3.05) is 18.0 Å². The lowest BCUT2D eigenvalue weighted by Gasteiger charge is -2.20. The van der Waals surface area contributed by atoms with Crippen LogP contribution >= 0.6 is 0 Å². The quantitative estimate of drug-likeness (QED) is 0.781. The van der Waals surface area contributed by atoms with Crippen molar-refractivity contribution in [3.8, 4) is 6.07 Å². The number of hydrogen-bond donors (Lipinski definition) is 1. The number of nitriles is 1. The van der Waals surface area contributed by atoms with Crippen molar-refractivity contribution in [2.24, 2.45) is 0 Å². The Balaban J connectivity index is 2.67. The molecule has 1 N–H and O–H groups in total. The minimum Gasteiger partial charge on any atom is -0.355 e. The Labute approximate surface area is 125 Å². The van der Waals surface area contributed by atoms with Crippen LogP contribution in [0, 0.1) is 11.3 Å². The average molecular weight is 287 g/mol. The van der Waals surface area contributed by atoms with Gasteiger partial charge in [0.25, 0.3) is 0 Å². The third kappa shape index (κ3) is 5.65. The van der Waals surface area contributed by atoms with E-state index in [2.05, 4.69) is 12.2 Å². The molecule has 2 amide bonds. The summed E-state index contributed by atoms with van der Waals surface area (Å²) >= 11 is 0. The van der Waals surface area contributed by atoms with Crippen LogP contribution in [0.2, 0.25) is 0 Å². The highest BCUT2D eigenvalue weighted by Crippen LogP contribution is 2.15. The summed E-state index contributed by atoms with van der Waals surface area (Å²) in [4.78, 5) is 25.0. The molecule has 5 heteroatoms. The highest BCUT2D eigenvalue weighted by Gasteiger charge is 2.15. The van der Waals surface area contributed by atoms with Crippen molar-refractivity contribution in [1.29, 1.82) is 5.26 Å². The van der Waals surface area contributed by atoms with E-state index in [-0.39, 0.29) is 18.4 Å². The molecule has 0 aliphatic carbocycles. The van der Waals surface area contributed by atoms with E-state index >= 15 is 0 Å². The second-order valence-electron chi connectivity index (χ2n) is 4.82. The van der Waals surface area contributed by atoms with Crippen LogP contribution in [0.5, 0.6) is 0 Å². The van der Waals surface area contributed by atoms with Gasteiger partial charge in [0.05, 0.1) is 11.6 Å². The van der Waals surface area contributed by atoms with Crippen molar-refractivity contribution >= 4 is 17.5 Å². The van der Waals surface area contributed by atoms with Gasteiger partial charge in [0.15, 0.2) is 0 Å². The fourth-order valence-electron chi connectivity index (χ4n) is 1.93. The molecule has 1 rings (SSSR count). The van der Waals surface area contributed by atoms with Crippen LogP contribution in [-0.4, -0.2) is 24.9 Å². The molecule has 0 aliphatic rings. The van der Waals surface area contributed by atoms with Crippen LogP contribution < -0.4 is 10.2 Å². The molecule has 0 bridgehead atoms. The summed E-state index contributed by atoms with van der Waals surface area (Å²) in [7, 11) is 0. The number of nitrogens with one attached hydrogen (secondary N) is 1. The standard InChI is InChI=1S/C16H21N3O2/c1-3-4-5-9-18-16(21)12-19(13(2)20)15-8-6-7-14(10-15)11-17/h6-8,10H,3-5,9,12H2,1-2H3,(H,18,21). The minimum absolute atomic E-state index is 0.0314. The second-order valence-corrected chi connectivity index (χ2v) is 4.82. The molecule has 0 unspecified atom stereocenters. The van der Waals surface area contributed by atoms with E-state index in [1.807, 2.05) is 6.07 Å². The van der Waals surface area contributed by atoms with Crippen LogP contribution in [0.15, 0.2) is 24.3 Å². The van der Waals surface area contributed by atoms with Crippen LogP contribution in [-0.2, 0) is 9.59 Å². The van der Waals surface area contributed by atoms with Gasteiger partial charge in [0.1, 0.15) is 6.54 Å². The van der Waals surface area contributed by atoms with E-state index < -0.39 is 0 Å². The molecule has 0 aromatic heterocycles. The Bertz CT molecular complexity index is 535. The summed E-state index contributed by atoms with van der Waals surface area (Å²) in [6.07, 6.45) is 3.10. The van der Waals surface area contributed by atoms with Crippen LogP contribution in [0.4, 0.5) is 5.69 Å². The summed E-state index contributed by atoms with van der Waals surface area (Å²) < 4.78 is 0. The molecule has 21 heavy (non-hydrogen) atoms. The second kappa shape index (κ2) is 8.75. The van der Waals surface area contributed by atoms with E-state index in [0.29, 0.717) is 17.8 Å². The van der Waals surface area contributed by atoms with Gasteiger partial charge >= 0.3 is 0 Å². The number of unbranched alkanes of at least 4 members (excludes halogenated alkanes) is 2. The summed E-state index contributed by atoms with van der Waals surface area (Å²) in [5, 5.41) is 11.7. The monoisotopic (exact) mass is 287 g/mol. The highest BCUT2D eigenvalue weighted by atomic mass is 16.2. The number of rotatable bonds is 7. The first-order valence-electron chi connectivity index (χ1n) is 7.13. The third-order valence-corrected chi connectivity index (χ3v) is 3.07. The molecule has 0 spiro atoms. The van der Waals surface area contributed by atoms with Gasteiger partial charge in [0.2, 0.25) is 11.8 Å². The van der Waals surface area contributed by atoms with Crippen LogP contribution in [0.3, 0.4) is 0 Å². The number of amides is 2.